The Kier molecular flexibility index (Phi) is 7.02. The smallest absolute Gasteiger partial charge is 0.223 e. The number of halogens is 2. The highest BCUT2D eigenvalue weighted by Crippen LogP contribution is 2.46. The van der Waals surface area contributed by atoms with Crippen molar-refractivity contribution in [2.75, 3.05) is 64.7 Å². The molecule has 5 rings (SSSR count). The van der Waals surface area contributed by atoms with Crippen molar-refractivity contribution in [3.05, 3.63) is 28.4 Å². The summed E-state index contributed by atoms with van der Waals surface area (Å²) in [5.74, 6) is 2.64. The molecule has 1 unspecified atom stereocenters. The number of pyridine rings is 1. The number of nitrogens with zero attached hydrogens (tertiary/aromatic N) is 4. The molecule has 2 fully saturated rings. The van der Waals surface area contributed by atoms with Gasteiger partial charge in [-0.2, -0.15) is 0 Å². The molecule has 3 aromatic rings. The van der Waals surface area contributed by atoms with E-state index in [0.29, 0.717) is 57.1 Å². The first-order valence-corrected chi connectivity index (χ1v) is 12.3. The van der Waals surface area contributed by atoms with E-state index < -0.39 is 0 Å². The van der Waals surface area contributed by atoms with Gasteiger partial charge in [0.05, 0.1) is 42.6 Å². The van der Waals surface area contributed by atoms with Crippen LogP contribution < -0.4 is 20.1 Å². The van der Waals surface area contributed by atoms with Crippen LogP contribution in [-0.4, -0.2) is 80.0 Å². The molecular weight excluding hydrogens is 491 g/mol. The third kappa shape index (κ3) is 4.91. The van der Waals surface area contributed by atoms with E-state index in [2.05, 4.69) is 27.6 Å². The van der Waals surface area contributed by atoms with E-state index in [0.717, 1.165) is 43.6 Å². The van der Waals surface area contributed by atoms with Gasteiger partial charge in [0.25, 0.3) is 0 Å². The van der Waals surface area contributed by atoms with Crippen LogP contribution in [0.5, 0.6) is 11.5 Å². The summed E-state index contributed by atoms with van der Waals surface area (Å²) in [5.41, 5.74) is 1.83. The van der Waals surface area contributed by atoms with Crippen LogP contribution >= 0.6 is 23.2 Å². The Hall–Kier alpha value is -2.59. The molecule has 0 saturated carbocycles. The fourth-order valence-electron chi connectivity index (χ4n) is 4.50. The van der Waals surface area contributed by atoms with Crippen LogP contribution in [0.4, 0.5) is 11.8 Å². The Bertz CT molecular complexity index is 1200. The minimum absolute atomic E-state index is 0.198. The molecule has 11 heteroatoms. The van der Waals surface area contributed by atoms with Crippen LogP contribution in [0.3, 0.4) is 0 Å². The van der Waals surface area contributed by atoms with Crippen molar-refractivity contribution >= 4 is 45.9 Å². The van der Waals surface area contributed by atoms with E-state index in [1.165, 1.54) is 0 Å². The summed E-state index contributed by atoms with van der Waals surface area (Å²) in [4.78, 5) is 16.5. The first-order valence-electron chi connectivity index (χ1n) is 11.5. The molecule has 1 atom stereocenters. The van der Waals surface area contributed by atoms with Crippen molar-refractivity contribution in [1.82, 2.24) is 19.9 Å². The van der Waals surface area contributed by atoms with Gasteiger partial charge >= 0.3 is 0 Å². The number of aromatic nitrogens is 3. The minimum atomic E-state index is 0.198. The average Bonchev–Trinajstić information content (AvgIpc) is 3.34. The Labute approximate surface area is 214 Å². The molecule has 4 heterocycles. The Morgan fingerprint density at radius 3 is 2.49 bits per heavy atom. The van der Waals surface area contributed by atoms with Crippen molar-refractivity contribution in [1.29, 1.82) is 0 Å². The van der Waals surface area contributed by atoms with Crippen LogP contribution in [0.2, 0.25) is 10.0 Å². The van der Waals surface area contributed by atoms with Crippen LogP contribution in [0, 0.1) is 5.92 Å². The zero-order valence-corrected chi connectivity index (χ0v) is 21.4. The molecule has 35 heavy (non-hydrogen) atoms. The van der Waals surface area contributed by atoms with Crippen LogP contribution in [-0.2, 0) is 4.74 Å². The summed E-state index contributed by atoms with van der Waals surface area (Å²) < 4.78 is 16.4. The molecule has 0 bridgehead atoms. The molecule has 2 aliphatic rings. The number of benzene rings is 1. The number of nitrogens with one attached hydrogen (secondary N) is 2. The zero-order chi connectivity index (χ0) is 24.5. The summed E-state index contributed by atoms with van der Waals surface area (Å²) in [5, 5.41) is 8.40. The second-order valence-electron chi connectivity index (χ2n) is 8.94. The van der Waals surface area contributed by atoms with Crippen LogP contribution in [0.1, 0.15) is 6.42 Å². The van der Waals surface area contributed by atoms with Crippen molar-refractivity contribution < 1.29 is 14.2 Å². The third-order valence-corrected chi connectivity index (χ3v) is 7.11. The van der Waals surface area contributed by atoms with E-state index in [4.69, 9.17) is 47.4 Å². The van der Waals surface area contributed by atoms with Gasteiger partial charge in [0.15, 0.2) is 5.82 Å². The van der Waals surface area contributed by atoms with Crippen molar-refractivity contribution in [3.63, 3.8) is 0 Å². The van der Waals surface area contributed by atoms with Crippen molar-refractivity contribution in [3.8, 4) is 22.8 Å². The highest BCUT2D eigenvalue weighted by Gasteiger charge is 2.25. The lowest BCUT2D eigenvalue weighted by molar-refractivity contribution is 0.144. The average molecular weight is 519 g/mol. The van der Waals surface area contributed by atoms with E-state index in [9.17, 15) is 0 Å². The number of hydrogen-bond acceptors (Lipinski definition) is 9. The topological polar surface area (TPSA) is 93.7 Å². The molecular formula is C24H28Cl2N6O3. The molecule has 1 aromatic carbocycles. The van der Waals surface area contributed by atoms with E-state index in [-0.39, 0.29) is 6.04 Å². The number of methoxy groups -OCH3 is 2. The molecule has 0 aliphatic carbocycles. The molecule has 186 valence electrons. The molecule has 9 nitrogen and oxygen atoms in total. The SMILES string of the molecule is COc1cc(OC)c(Cl)c(-c2cc3cnc(NC4CCOC4)nc3c(NCC3CN(C)C3)n2)c1Cl. The summed E-state index contributed by atoms with van der Waals surface area (Å²) >= 11 is 13.4. The highest BCUT2D eigenvalue weighted by atomic mass is 35.5. The number of likely N-dealkylation sites (tertiary alicyclic amines) is 1. The summed E-state index contributed by atoms with van der Waals surface area (Å²) in [6, 6.07) is 3.74. The van der Waals surface area contributed by atoms with Crippen molar-refractivity contribution in [2.45, 2.75) is 12.5 Å². The maximum Gasteiger partial charge on any atom is 0.223 e. The zero-order valence-electron chi connectivity index (χ0n) is 19.9. The van der Waals surface area contributed by atoms with E-state index in [1.54, 1.807) is 26.5 Å². The standard InChI is InChI=1S/C24H28Cl2N6O3/c1-32-10-13(11-32)8-27-23-22-14(9-28-24(31-22)29-15-4-5-35-12-15)6-16(30-23)19-20(25)17(33-2)7-18(34-3)21(19)26/h6-7,9,13,15H,4-5,8,10-12H2,1-3H3,(H,27,30)(H,28,29,31). The second kappa shape index (κ2) is 10.2. The lowest BCUT2D eigenvalue weighted by Crippen LogP contribution is -2.46. The van der Waals surface area contributed by atoms with Gasteiger partial charge in [0, 0.05) is 55.4 Å². The monoisotopic (exact) mass is 518 g/mol. The highest BCUT2D eigenvalue weighted by molar-refractivity contribution is 6.41. The normalized spacial score (nSPS) is 18.5. The van der Waals surface area contributed by atoms with Crippen LogP contribution in [0.15, 0.2) is 18.3 Å². The predicted octanol–water partition coefficient (Wildman–Crippen LogP) is 4.19. The Morgan fingerprint density at radius 2 is 1.86 bits per heavy atom. The molecule has 2 N–H and O–H groups in total. The van der Waals surface area contributed by atoms with E-state index >= 15 is 0 Å². The van der Waals surface area contributed by atoms with Gasteiger partial charge in [0.2, 0.25) is 5.95 Å². The molecule has 2 saturated heterocycles. The molecule has 0 amide bonds. The number of hydrogen-bond donors (Lipinski definition) is 2. The second-order valence-corrected chi connectivity index (χ2v) is 9.70. The number of anilines is 2. The summed E-state index contributed by atoms with van der Waals surface area (Å²) in [7, 11) is 5.21. The first-order chi connectivity index (χ1) is 17.0. The van der Waals surface area contributed by atoms with Crippen molar-refractivity contribution in [2.24, 2.45) is 5.92 Å². The molecule has 0 spiro atoms. The van der Waals surface area contributed by atoms with Gasteiger partial charge in [-0.05, 0) is 19.5 Å². The van der Waals surface area contributed by atoms with Gasteiger partial charge in [-0.15, -0.1) is 0 Å². The quantitative estimate of drug-likeness (QED) is 0.455. The summed E-state index contributed by atoms with van der Waals surface area (Å²) in [6.45, 7) is 4.25. The maximum atomic E-state index is 6.69. The van der Waals surface area contributed by atoms with E-state index in [1.807, 2.05) is 6.07 Å². The van der Waals surface area contributed by atoms with Gasteiger partial charge < -0.3 is 29.7 Å². The molecule has 0 radical (unpaired) electrons. The number of fused-ring (bicyclic) bond motifs is 1. The summed E-state index contributed by atoms with van der Waals surface area (Å²) in [6.07, 6.45) is 2.71. The first kappa shape index (κ1) is 24.1. The minimum Gasteiger partial charge on any atom is -0.495 e. The Morgan fingerprint density at radius 1 is 1.11 bits per heavy atom. The fraction of sp³-hybridized carbons (Fsp3) is 0.458. The lowest BCUT2D eigenvalue weighted by atomic mass is 10.0. The number of ether oxygens (including phenoxy) is 3. The largest absolute Gasteiger partial charge is 0.495 e. The Balaban J connectivity index is 1.58. The molecule has 2 aromatic heterocycles. The van der Waals surface area contributed by atoms with Gasteiger partial charge in [0.1, 0.15) is 17.0 Å². The predicted molar refractivity (Wildman–Crippen MR) is 138 cm³/mol. The third-order valence-electron chi connectivity index (χ3n) is 6.36. The van der Waals surface area contributed by atoms with Crippen LogP contribution in [0.25, 0.3) is 22.2 Å². The van der Waals surface area contributed by atoms with Gasteiger partial charge in [-0.1, -0.05) is 23.2 Å². The molecule has 2 aliphatic heterocycles. The van der Waals surface area contributed by atoms with Gasteiger partial charge in [-0.25, -0.2) is 15.0 Å². The van der Waals surface area contributed by atoms with Gasteiger partial charge in [-0.3, -0.25) is 0 Å². The lowest BCUT2D eigenvalue weighted by Gasteiger charge is -2.36. The maximum absolute atomic E-state index is 6.69. The number of rotatable bonds is 8. The fourth-order valence-corrected chi connectivity index (χ4v) is 5.19.